The van der Waals surface area contributed by atoms with Gasteiger partial charge in [0.05, 0.1) is 22.7 Å². The molecule has 0 atom stereocenters. The highest BCUT2D eigenvalue weighted by molar-refractivity contribution is 6.31. The van der Waals surface area contributed by atoms with Gasteiger partial charge in [-0.1, -0.05) is 152 Å². The fraction of sp³-hybridized carbons (Fsp3) is 0. The Morgan fingerprint density at radius 3 is 1.45 bits per heavy atom. The maximum absolute atomic E-state index is 7.13. The van der Waals surface area contributed by atoms with Gasteiger partial charge in [-0.15, -0.1) is 0 Å². The zero-order valence-electron chi connectivity index (χ0n) is 36.1. The highest BCUT2D eigenvalue weighted by atomic mass is 16.3. The standard InChI is InChI=1S/C62H38N2O3/c1-3-17-39(18-4-1)43-21-9-12-28-53(43)64(55-30-16-27-49-46-24-11-14-32-57(46)66-61(49)55)41-33-35-50-52(37-41)44-22-7-8-25-47(44)59-51-36-34-42(38-58(51)67-62(50)59)63(40-19-5-2-6-20-40)54-29-15-26-48-45-23-10-13-31-56(45)65-60(48)54/h1-38H. The second kappa shape index (κ2) is 14.7. The first-order valence-corrected chi connectivity index (χ1v) is 22.7. The van der Waals surface area contributed by atoms with Crippen molar-refractivity contribution < 1.29 is 13.3 Å². The van der Waals surface area contributed by atoms with Crippen molar-refractivity contribution in [2.24, 2.45) is 0 Å². The topological polar surface area (TPSA) is 45.9 Å². The van der Waals surface area contributed by atoms with Gasteiger partial charge in [0.2, 0.25) is 0 Å². The maximum atomic E-state index is 7.13. The van der Waals surface area contributed by atoms with E-state index in [0.29, 0.717) is 0 Å². The molecule has 0 aliphatic carbocycles. The van der Waals surface area contributed by atoms with Crippen molar-refractivity contribution in [2.45, 2.75) is 0 Å². The Labute approximate surface area is 384 Å². The molecule has 0 bridgehead atoms. The van der Waals surface area contributed by atoms with Crippen molar-refractivity contribution in [1.82, 2.24) is 0 Å². The first kappa shape index (κ1) is 37.3. The summed E-state index contributed by atoms with van der Waals surface area (Å²) >= 11 is 0. The molecule has 14 rings (SSSR count). The molecule has 0 N–H and O–H groups in total. The monoisotopic (exact) mass is 858 g/mol. The molecule has 0 radical (unpaired) electrons. The highest BCUT2D eigenvalue weighted by Crippen LogP contribution is 2.49. The molecule has 11 aromatic carbocycles. The summed E-state index contributed by atoms with van der Waals surface area (Å²) in [6.45, 7) is 0. The molecule has 0 saturated carbocycles. The molecule has 0 aliphatic rings. The minimum absolute atomic E-state index is 0.807. The van der Waals surface area contributed by atoms with Crippen LogP contribution in [0.5, 0.6) is 0 Å². The molecule has 0 spiro atoms. The Hall–Kier alpha value is -9.06. The van der Waals surface area contributed by atoms with Crippen LogP contribution in [0.3, 0.4) is 0 Å². The lowest BCUT2D eigenvalue weighted by atomic mass is 9.95. The van der Waals surface area contributed by atoms with E-state index in [1.54, 1.807) is 0 Å². The van der Waals surface area contributed by atoms with Crippen LogP contribution in [0.4, 0.5) is 34.1 Å². The predicted molar refractivity (Wildman–Crippen MR) is 278 cm³/mol. The van der Waals surface area contributed by atoms with Crippen molar-refractivity contribution in [3.63, 3.8) is 0 Å². The van der Waals surface area contributed by atoms with Crippen molar-refractivity contribution >= 4 is 121 Å². The summed E-state index contributed by atoms with van der Waals surface area (Å²) in [6, 6.07) is 81.2. The second-order valence-corrected chi connectivity index (χ2v) is 17.2. The van der Waals surface area contributed by atoms with Crippen LogP contribution in [0, 0.1) is 0 Å². The summed E-state index contributed by atoms with van der Waals surface area (Å²) in [5, 5.41) is 10.9. The van der Waals surface area contributed by atoms with E-state index in [-0.39, 0.29) is 0 Å². The van der Waals surface area contributed by atoms with Crippen LogP contribution in [0.25, 0.3) is 98.5 Å². The summed E-state index contributed by atoms with van der Waals surface area (Å²) < 4.78 is 20.5. The van der Waals surface area contributed by atoms with Crippen LogP contribution in [0.1, 0.15) is 0 Å². The summed E-state index contributed by atoms with van der Waals surface area (Å²) in [5.74, 6) is 0. The van der Waals surface area contributed by atoms with Crippen LogP contribution < -0.4 is 9.80 Å². The average Bonchev–Trinajstić information content (AvgIpc) is 4.10. The molecular formula is C62H38N2O3. The van der Waals surface area contributed by atoms with Gasteiger partial charge in [-0.3, -0.25) is 0 Å². The van der Waals surface area contributed by atoms with Crippen molar-refractivity contribution in [3.05, 3.63) is 231 Å². The van der Waals surface area contributed by atoms with E-state index in [2.05, 4.69) is 210 Å². The first-order chi connectivity index (χ1) is 33.2. The number of hydrogen-bond donors (Lipinski definition) is 0. The largest absolute Gasteiger partial charge is 0.455 e. The Morgan fingerprint density at radius 2 is 0.746 bits per heavy atom. The second-order valence-electron chi connectivity index (χ2n) is 17.2. The van der Waals surface area contributed by atoms with E-state index in [1.165, 1.54) is 0 Å². The lowest BCUT2D eigenvalue weighted by Crippen LogP contribution is -2.11. The fourth-order valence-electron chi connectivity index (χ4n) is 10.5. The molecule has 5 heteroatoms. The van der Waals surface area contributed by atoms with E-state index in [4.69, 9.17) is 13.3 Å². The molecule has 14 aromatic rings. The average molecular weight is 859 g/mol. The van der Waals surface area contributed by atoms with Gasteiger partial charge in [0.15, 0.2) is 11.2 Å². The number of nitrogens with zero attached hydrogens (tertiary/aromatic N) is 2. The molecule has 3 aromatic heterocycles. The summed E-state index contributed by atoms with van der Waals surface area (Å²) in [6.07, 6.45) is 0. The predicted octanol–water partition coefficient (Wildman–Crippen LogP) is 18.3. The first-order valence-electron chi connectivity index (χ1n) is 22.7. The zero-order valence-corrected chi connectivity index (χ0v) is 36.1. The third-order valence-corrected chi connectivity index (χ3v) is 13.4. The number of hydrogen-bond acceptors (Lipinski definition) is 5. The summed E-state index contributed by atoms with van der Waals surface area (Å²) in [5.41, 5.74) is 13.3. The molecule has 0 fully saturated rings. The molecule has 0 amide bonds. The molecule has 0 saturated heterocycles. The summed E-state index contributed by atoms with van der Waals surface area (Å²) in [4.78, 5) is 4.63. The minimum atomic E-state index is 0.807. The van der Waals surface area contributed by atoms with Crippen LogP contribution in [0.15, 0.2) is 244 Å². The van der Waals surface area contributed by atoms with E-state index < -0.39 is 0 Å². The Balaban J connectivity index is 0.994. The summed E-state index contributed by atoms with van der Waals surface area (Å²) in [7, 11) is 0. The number of anilines is 6. The Morgan fingerprint density at radius 1 is 0.254 bits per heavy atom. The molecule has 3 heterocycles. The lowest BCUT2D eigenvalue weighted by molar-refractivity contribution is 0.668. The highest BCUT2D eigenvalue weighted by Gasteiger charge is 2.25. The van der Waals surface area contributed by atoms with Crippen molar-refractivity contribution in [2.75, 3.05) is 9.80 Å². The third kappa shape index (κ3) is 5.75. The van der Waals surface area contributed by atoms with Crippen molar-refractivity contribution in [1.29, 1.82) is 0 Å². The normalized spacial score (nSPS) is 11.9. The van der Waals surface area contributed by atoms with Gasteiger partial charge in [0.1, 0.15) is 22.3 Å². The van der Waals surface area contributed by atoms with Crippen molar-refractivity contribution in [3.8, 4) is 11.1 Å². The SMILES string of the molecule is c1ccc(-c2ccccc2N(c2ccc3c(c2)c2ccccc2c2c4ccc(N(c5ccccc5)c5cccc6c5oc5ccccc56)cc4oc32)c2cccc3c2oc2ccccc23)cc1. The van der Waals surface area contributed by atoms with Crippen LogP contribution >= 0.6 is 0 Å². The van der Waals surface area contributed by atoms with E-state index in [9.17, 15) is 0 Å². The number of rotatable bonds is 7. The van der Waals surface area contributed by atoms with Gasteiger partial charge >= 0.3 is 0 Å². The van der Waals surface area contributed by atoms with Gasteiger partial charge in [-0.2, -0.15) is 0 Å². The van der Waals surface area contributed by atoms with Crippen LogP contribution in [-0.4, -0.2) is 0 Å². The minimum Gasteiger partial charge on any atom is -0.455 e. The van der Waals surface area contributed by atoms with Gasteiger partial charge in [0, 0.05) is 60.7 Å². The zero-order chi connectivity index (χ0) is 44.0. The fourth-order valence-corrected chi connectivity index (χ4v) is 10.5. The number of benzene rings is 11. The van der Waals surface area contributed by atoms with Gasteiger partial charge in [-0.25, -0.2) is 0 Å². The van der Waals surface area contributed by atoms with E-state index >= 15 is 0 Å². The van der Waals surface area contributed by atoms with Crippen LogP contribution in [-0.2, 0) is 0 Å². The Kier molecular flexibility index (Phi) is 8.21. The lowest BCUT2D eigenvalue weighted by Gasteiger charge is -2.28. The maximum Gasteiger partial charge on any atom is 0.159 e. The molecular weight excluding hydrogens is 821 g/mol. The van der Waals surface area contributed by atoms with E-state index in [0.717, 1.165) is 133 Å². The van der Waals surface area contributed by atoms with Gasteiger partial charge in [0.25, 0.3) is 0 Å². The van der Waals surface area contributed by atoms with Crippen LogP contribution in [0.2, 0.25) is 0 Å². The third-order valence-electron chi connectivity index (χ3n) is 13.4. The molecule has 0 aliphatic heterocycles. The Bertz CT molecular complexity index is 4240. The van der Waals surface area contributed by atoms with Gasteiger partial charge in [-0.05, 0) is 94.5 Å². The molecule has 314 valence electrons. The quantitative estimate of drug-likeness (QED) is 0.149. The molecule has 67 heavy (non-hydrogen) atoms. The smallest absolute Gasteiger partial charge is 0.159 e. The number of fused-ring (bicyclic) bond motifs is 14. The van der Waals surface area contributed by atoms with Gasteiger partial charge < -0.3 is 23.1 Å². The number of para-hydroxylation sites is 6. The molecule has 0 unspecified atom stereocenters. The number of furan rings is 3. The van der Waals surface area contributed by atoms with E-state index in [1.807, 2.05) is 30.3 Å². The molecule has 5 nitrogen and oxygen atoms in total.